The molecule has 0 radical (unpaired) electrons. The van der Waals surface area contributed by atoms with E-state index < -0.39 is 0 Å². The van der Waals surface area contributed by atoms with Crippen LogP contribution in [0.2, 0.25) is 0 Å². The van der Waals surface area contributed by atoms with E-state index in [1.165, 1.54) is 0 Å². The number of aryl methyl sites for hydroxylation is 1. The van der Waals surface area contributed by atoms with Crippen LogP contribution >= 0.6 is 0 Å². The first-order valence-corrected chi connectivity index (χ1v) is 6.69. The maximum absolute atomic E-state index is 12.0. The van der Waals surface area contributed by atoms with Gasteiger partial charge in [-0.2, -0.15) is 5.10 Å². The predicted molar refractivity (Wildman–Crippen MR) is 81.9 cm³/mol. The molecule has 0 spiro atoms. The lowest BCUT2D eigenvalue weighted by Crippen LogP contribution is -2.20. The first-order valence-electron chi connectivity index (χ1n) is 6.69. The van der Waals surface area contributed by atoms with Crippen molar-refractivity contribution in [2.24, 2.45) is 5.10 Å². The molecule has 2 rings (SSSR count). The molecule has 0 saturated carbocycles. The third kappa shape index (κ3) is 3.54. The summed E-state index contributed by atoms with van der Waals surface area (Å²) < 4.78 is 0. The quantitative estimate of drug-likeness (QED) is 0.667. The van der Waals surface area contributed by atoms with Crippen LogP contribution in [0.5, 0.6) is 0 Å². The Hall–Kier alpha value is -2.42. The minimum atomic E-state index is -0.185. The van der Waals surface area contributed by atoms with Gasteiger partial charge >= 0.3 is 0 Å². The molecule has 102 valence electrons. The normalized spacial score (nSPS) is 11.2. The average Bonchev–Trinajstić information content (AvgIpc) is 2.49. The van der Waals surface area contributed by atoms with E-state index in [1.807, 2.05) is 62.4 Å². The largest absolute Gasteiger partial charge is 0.271 e. The van der Waals surface area contributed by atoms with Gasteiger partial charge < -0.3 is 0 Å². The van der Waals surface area contributed by atoms with E-state index in [-0.39, 0.29) is 5.91 Å². The Bertz CT molecular complexity index is 618. The van der Waals surface area contributed by atoms with Crippen LogP contribution in [-0.4, -0.2) is 11.6 Å². The molecular formula is C17H18N2O. The van der Waals surface area contributed by atoms with Crippen LogP contribution in [0.25, 0.3) is 0 Å². The molecule has 20 heavy (non-hydrogen) atoms. The van der Waals surface area contributed by atoms with Crippen molar-refractivity contribution in [1.82, 2.24) is 5.43 Å². The van der Waals surface area contributed by atoms with Crippen LogP contribution < -0.4 is 5.43 Å². The number of hydrazone groups is 1. The second-order valence-electron chi connectivity index (χ2n) is 4.59. The van der Waals surface area contributed by atoms with Crippen LogP contribution in [0.4, 0.5) is 0 Å². The van der Waals surface area contributed by atoms with Gasteiger partial charge in [0.15, 0.2) is 0 Å². The molecule has 2 aromatic carbocycles. The van der Waals surface area contributed by atoms with Gasteiger partial charge in [-0.3, -0.25) is 4.79 Å². The van der Waals surface area contributed by atoms with Crippen molar-refractivity contribution < 1.29 is 4.79 Å². The maximum atomic E-state index is 12.0. The second kappa shape index (κ2) is 6.66. The number of carbonyl (C=O) groups excluding carboxylic acids is 1. The van der Waals surface area contributed by atoms with Gasteiger partial charge in [0.05, 0.1) is 5.71 Å². The summed E-state index contributed by atoms with van der Waals surface area (Å²) in [5.41, 5.74) is 6.20. The first-order chi connectivity index (χ1) is 9.70. The zero-order chi connectivity index (χ0) is 14.4. The SMILES string of the molecule is CC/C(=N\NC(=O)c1cccc(C)c1)c1ccccc1. The Morgan fingerprint density at radius 2 is 1.75 bits per heavy atom. The van der Waals surface area contributed by atoms with Crippen molar-refractivity contribution in [3.63, 3.8) is 0 Å². The molecule has 0 heterocycles. The monoisotopic (exact) mass is 266 g/mol. The van der Waals surface area contributed by atoms with Crippen LogP contribution in [0.1, 0.15) is 34.8 Å². The van der Waals surface area contributed by atoms with Crippen molar-refractivity contribution in [1.29, 1.82) is 0 Å². The summed E-state index contributed by atoms with van der Waals surface area (Å²) in [6.07, 6.45) is 0.762. The average molecular weight is 266 g/mol. The molecule has 1 N–H and O–H groups in total. The maximum Gasteiger partial charge on any atom is 0.271 e. The zero-order valence-corrected chi connectivity index (χ0v) is 11.8. The lowest BCUT2D eigenvalue weighted by molar-refractivity contribution is 0.0954. The van der Waals surface area contributed by atoms with E-state index in [1.54, 1.807) is 6.07 Å². The molecule has 0 saturated heterocycles. The summed E-state index contributed by atoms with van der Waals surface area (Å²) in [6, 6.07) is 17.3. The van der Waals surface area contributed by atoms with Crippen molar-refractivity contribution in [3.8, 4) is 0 Å². The Balaban J connectivity index is 2.13. The molecule has 0 atom stereocenters. The van der Waals surface area contributed by atoms with Gasteiger partial charge in [-0.05, 0) is 31.0 Å². The first kappa shape index (κ1) is 14.0. The molecule has 0 aromatic heterocycles. The number of hydrogen-bond donors (Lipinski definition) is 1. The summed E-state index contributed by atoms with van der Waals surface area (Å²) in [5.74, 6) is -0.185. The molecule has 3 nitrogen and oxygen atoms in total. The Morgan fingerprint density at radius 3 is 2.40 bits per heavy atom. The molecule has 1 amide bonds. The van der Waals surface area contributed by atoms with E-state index >= 15 is 0 Å². The van der Waals surface area contributed by atoms with Gasteiger partial charge in [0.1, 0.15) is 0 Å². The van der Waals surface area contributed by atoms with E-state index in [9.17, 15) is 4.79 Å². The summed E-state index contributed by atoms with van der Waals surface area (Å²) >= 11 is 0. The minimum Gasteiger partial charge on any atom is -0.267 e. The highest BCUT2D eigenvalue weighted by Crippen LogP contribution is 2.06. The second-order valence-corrected chi connectivity index (χ2v) is 4.59. The van der Waals surface area contributed by atoms with Crippen molar-refractivity contribution in [2.75, 3.05) is 0 Å². The van der Waals surface area contributed by atoms with Crippen LogP contribution in [-0.2, 0) is 0 Å². The number of amides is 1. The highest BCUT2D eigenvalue weighted by atomic mass is 16.2. The Kier molecular flexibility index (Phi) is 4.66. The molecule has 0 aliphatic heterocycles. The predicted octanol–water partition coefficient (Wildman–Crippen LogP) is 3.54. The van der Waals surface area contributed by atoms with Gasteiger partial charge in [0.2, 0.25) is 0 Å². The fraction of sp³-hybridized carbons (Fsp3) is 0.176. The smallest absolute Gasteiger partial charge is 0.267 e. The van der Waals surface area contributed by atoms with Gasteiger partial charge in [-0.1, -0.05) is 55.0 Å². The third-order valence-electron chi connectivity index (χ3n) is 3.01. The van der Waals surface area contributed by atoms with E-state index in [0.29, 0.717) is 5.56 Å². The minimum absolute atomic E-state index is 0.185. The number of nitrogens with zero attached hydrogens (tertiary/aromatic N) is 1. The number of carbonyl (C=O) groups is 1. The van der Waals surface area contributed by atoms with Crippen LogP contribution in [0.15, 0.2) is 59.7 Å². The molecule has 0 aliphatic rings. The molecule has 0 aliphatic carbocycles. The van der Waals surface area contributed by atoms with Gasteiger partial charge in [-0.25, -0.2) is 5.43 Å². The number of nitrogens with one attached hydrogen (secondary N) is 1. The molecule has 0 fully saturated rings. The highest BCUT2D eigenvalue weighted by molar-refractivity contribution is 6.02. The Morgan fingerprint density at radius 1 is 1.05 bits per heavy atom. The highest BCUT2D eigenvalue weighted by Gasteiger charge is 2.05. The van der Waals surface area contributed by atoms with Crippen LogP contribution in [0.3, 0.4) is 0 Å². The number of benzene rings is 2. The summed E-state index contributed by atoms with van der Waals surface area (Å²) in [6.45, 7) is 3.98. The fourth-order valence-electron chi connectivity index (χ4n) is 1.95. The number of hydrogen-bond acceptors (Lipinski definition) is 2. The summed E-state index contributed by atoms with van der Waals surface area (Å²) in [5, 5.41) is 4.24. The lowest BCUT2D eigenvalue weighted by Gasteiger charge is -2.05. The van der Waals surface area contributed by atoms with E-state index in [0.717, 1.165) is 23.3 Å². The lowest BCUT2D eigenvalue weighted by atomic mass is 10.1. The topological polar surface area (TPSA) is 41.5 Å². The van der Waals surface area contributed by atoms with Crippen molar-refractivity contribution in [3.05, 3.63) is 71.3 Å². The van der Waals surface area contributed by atoms with Crippen molar-refractivity contribution >= 4 is 11.6 Å². The molecule has 3 heteroatoms. The standard InChI is InChI=1S/C17H18N2O/c1-3-16(14-9-5-4-6-10-14)18-19-17(20)15-11-7-8-13(2)12-15/h4-12H,3H2,1-2H3,(H,19,20)/b18-16+. The van der Waals surface area contributed by atoms with Gasteiger partial charge in [-0.15, -0.1) is 0 Å². The zero-order valence-electron chi connectivity index (χ0n) is 11.8. The van der Waals surface area contributed by atoms with Gasteiger partial charge in [0, 0.05) is 5.56 Å². The van der Waals surface area contributed by atoms with Crippen LogP contribution in [0, 0.1) is 6.92 Å². The summed E-state index contributed by atoms with van der Waals surface area (Å²) in [7, 11) is 0. The Labute approximate surface area is 119 Å². The number of rotatable bonds is 4. The summed E-state index contributed by atoms with van der Waals surface area (Å²) in [4.78, 5) is 12.0. The van der Waals surface area contributed by atoms with Gasteiger partial charge in [0.25, 0.3) is 5.91 Å². The molecule has 0 bridgehead atoms. The van der Waals surface area contributed by atoms with Crippen molar-refractivity contribution in [2.45, 2.75) is 20.3 Å². The van der Waals surface area contributed by atoms with E-state index in [4.69, 9.17) is 0 Å². The molecule has 0 unspecified atom stereocenters. The molecular weight excluding hydrogens is 248 g/mol. The van der Waals surface area contributed by atoms with E-state index in [2.05, 4.69) is 10.5 Å². The fourth-order valence-corrected chi connectivity index (χ4v) is 1.95. The third-order valence-corrected chi connectivity index (χ3v) is 3.01. The molecule has 2 aromatic rings.